The average Bonchev–Trinajstić information content (AvgIpc) is 2.33. The Bertz CT molecular complexity index is 540. The molecule has 0 bridgehead atoms. The van der Waals surface area contributed by atoms with Gasteiger partial charge in [0.05, 0.1) is 10.0 Å². The predicted octanol–water partition coefficient (Wildman–Crippen LogP) is 2.74. The van der Waals surface area contributed by atoms with E-state index in [0.29, 0.717) is 17.2 Å². The van der Waals surface area contributed by atoms with E-state index in [2.05, 4.69) is 20.9 Å². The number of carbonyl (C=O) groups excluding carboxylic acids is 1. The van der Waals surface area contributed by atoms with Crippen molar-refractivity contribution in [1.82, 2.24) is 4.98 Å². The average molecular weight is 293 g/mol. The highest BCUT2D eigenvalue weighted by Crippen LogP contribution is 2.27. The number of rotatable bonds is 3. The Kier molecular flexibility index (Phi) is 3.39. The Morgan fingerprint density at radius 1 is 1.24 bits per heavy atom. The molecule has 5 heteroatoms. The molecule has 0 radical (unpaired) electrons. The second-order valence-corrected chi connectivity index (χ2v) is 4.14. The lowest BCUT2D eigenvalue weighted by atomic mass is 10.3. The summed E-state index contributed by atoms with van der Waals surface area (Å²) < 4.78 is 6.37. The largest absolute Gasteiger partial charge is 0.438 e. The highest BCUT2D eigenvalue weighted by Gasteiger charge is 2.04. The molecule has 0 atom stereocenters. The zero-order chi connectivity index (χ0) is 12.3. The maximum absolute atomic E-state index is 10.9. The fourth-order valence-electron chi connectivity index (χ4n) is 1.23. The number of ether oxygens (including phenoxy) is 1. The molecule has 1 amide bonds. The van der Waals surface area contributed by atoms with Gasteiger partial charge in [-0.25, -0.2) is 4.98 Å². The van der Waals surface area contributed by atoms with E-state index in [9.17, 15) is 4.79 Å². The fourth-order valence-corrected chi connectivity index (χ4v) is 1.59. The molecule has 0 aliphatic heterocycles. The van der Waals surface area contributed by atoms with Crippen molar-refractivity contribution in [3.63, 3.8) is 0 Å². The Balaban J connectivity index is 2.20. The minimum Gasteiger partial charge on any atom is -0.438 e. The number of primary amides is 1. The van der Waals surface area contributed by atoms with Gasteiger partial charge in [-0.1, -0.05) is 12.1 Å². The first kappa shape index (κ1) is 11.6. The zero-order valence-electron chi connectivity index (χ0n) is 8.76. The number of benzene rings is 1. The molecule has 86 valence electrons. The van der Waals surface area contributed by atoms with Crippen LogP contribution < -0.4 is 10.5 Å². The van der Waals surface area contributed by atoms with Crippen LogP contribution in [0.2, 0.25) is 0 Å². The van der Waals surface area contributed by atoms with Crippen molar-refractivity contribution < 1.29 is 9.53 Å². The van der Waals surface area contributed by atoms with Crippen LogP contribution in [-0.2, 0) is 0 Å². The minimum atomic E-state index is -0.509. The molecule has 0 aliphatic rings. The zero-order valence-corrected chi connectivity index (χ0v) is 10.3. The lowest BCUT2D eigenvalue weighted by Gasteiger charge is -2.06. The molecule has 0 spiro atoms. The van der Waals surface area contributed by atoms with Crippen LogP contribution in [0.25, 0.3) is 0 Å². The van der Waals surface area contributed by atoms with Gasteiger partial charge >= 0.3 is 0 Å². The van der Waals surface area contributed by atoms with E-state index in [4.69, 9.17) is 10.5 Å². The molecule has 1 aromatic carbocycles. The first-order valence-electron chi connectivity index (χ1n) is 4.85. The second-order valence-electron chi connectivity index (χ2n) is 3.28. The standard InChI is InChI=1S/C12H9BrN2O2/c13-9-3-1-2-4-10(9)17-11-6-5-8(7-15-11)12(14)16/h1-7H,(H2,14,16). The van der Waals surface area contributed by atoms with Crippen LogP contribution in [0.5, 0.6) is 11.6 Å². The molecular formula is C12H9BrN2O2. The summed E-state index contributed by atoms with van der Waals surface area (Å²) in [6.07, 6.45) is 1.38. The monoisotopic (exact) mass is 292 g/mol. The van der Waals surface area contributed by atoms with Crippen LogP contribution in [0.1, 0.15) is 10.4 Å². The number of hydrogen-bond acceptors (Lipinski definition) is 3. The van der Waals surface area contributed by atoms with Crippen LogP contribution in [-0.4, -0.2) is 10.9 Å². The molecule has 2 rings (SSSR count). The van der Waals surface area contributed by atoms with Crippen LogP contribution in [0, 0.1) is 0 Å². The highest BCUT2D eigenvalue weighted by atomic mass is 79.9. The molecule has 17 heavy (non-hydrogen) atoms. The molecule has 0 saturated heterocycles. The van der Waals surface area contributed by atoms with E-state index in [-0.39, 0.29) is 0 Å². The minimum absolute atomic E-state index is 0.351. The van der Waals surface area contributed by atoms with Crippen molar-refractivity contribution >= 4 is 21.8 Å². The third kappa shape index (κ3) is 2.82. The summed E-state index contributed by atoms with van der Waals surface area (Å²) in [6.45, 7) is 0. The van der Waals surface area contributed by atoms with Gasteiger partial charge in [-0.2, -0.15) is 0 Å². The number of hydrogen-bond donors (Lipinski definition) is 1. The number of aromatic nitrogens is 1. The Morgan fingerprint density at radius 3 is 2.59 bits per heavy atom. The summed E-state index contributed by atoms with van der Waals surface area (Å²) in [7, 11) is 0. The molecule has 0 saturated carbocycles. The molecule has 0 aliphatic carbocycles. The van der Waals surface area contributed by atoms with Crippen molar-refractivity contribution in [1.29, 1.82) is 0 Å². The van der Waals surface area contributed by atoms with Gasteiger partial charge in [0.15, 0.2) is 0 Å². The summed E-state index contributed by atoms with van der Waals surface area (Å²) in [5, 5.41) is 0. The van der Waals surface area contributed by atoms with E-state index in [1.54, 1.807) is 12.1 Å². The summed E-state index contributed by atoms with van der Waals surface area (Å²) >= 11 is 3.36. The number of halogens is 1. The van der Waals surface area contributed by atoms with Crippen molar-refractivity contribution in [2.75, 3.05) is 0 Å². The maximum Gasteiger partial charge on any atom is 0.250 e. The van der Waals surface area contributed by atoms with Gasteiger partial charge in [-0.15, -0.1) is 0 Å². The van der Waals surface area contributed by atoms with Crippen molar-refractivity contribution in [3.8, 4) is 11.6 Å². The van der Waals surface area contributed by atoms with Gasteiger partial charge in [-0.3, -0.25) is 4.79 Å². The molecule has 1 heterocycles. The van der Waals surface area contributed by atoms with Gasteiger partial charge in [0, 0.05) is 12.3 Å². The lowest BCUT2D eigenvalue weighted by Crippen LogP contribution is -2.10. The first-order chi connectivity index (χ1) is 8.16. The SMILES string of the molecule is NC(=O)c1ccc(Oc2ccccc2Br)nc1. The summed E-state index contributed by atoms with van der Waals surface area (Å²) in [4.78, 5) is 14.9. The van der Waals surface area contributed by atoms with Gasteiger partial charge in [0.1, 0.15) is 5.75 Å². The molecule has 4 nitrogen and oxygen atoms in total. The Morgan fingerprint density at radius 2 is 2.00 bits per heavy atom. The van der Waals surface area contributed by atoms with Crippen molar-refractivity contribution in [2.24, 2.45) is 5.73 Å². The molecule has 0 unspecified atom stereocenters. The third-order valence-electron chi connectivity index (χ3n) is 2.07. The van der Waals surface area contributed by atoms with Crippen molar-refractivity contribution in [2.45, 2.75) is 0 Å². The number of nitrogens with zero attached hydrogens (tertiary/aromatic N) is 1. The number of pyridine rings is 1. The van der Waals surface area contributed by atoms with E-state index < -0.39 is 5.91 Å². The number of nitrogens with two attached hydrogens (primary N) is 1. The molecule has 2 N–H and O–H groups in total. The Hall–Kier alpha value is -1.88. The molecule has 1 aromatic heterocycles. The van der Waals surface area contributed by atoms with Crippen LogP contribution >= 0.6 is 15.9 Å². The normalized spacial score (nSPS) is 9.94. The van der Waals surface area contributed by atoms with Crippen LogP contribution in [0.4, 0.5) is 0 Å². The second kappa shape index (κ2) is 4.97. The van der Waals surface area contributed by atoms with Crippen LogP contribution in [0.15, 0.2) is 47.1 Å². The van der Waals surface area contributed by atoms with E-state index in [0.717, 1.165) is 4.47 Å². The van der Waals surface area contributed by atoms with E-state index in [1.165, 1.54) is 6.20 Å². The molecule has 0 fully saturated rings. The van der Waals surface area contributed by atoms with Gasteiger partial charge in [-0.05, 0) is 34.1 Å². The topological polar surface area (TPSA) is 65.2 Å². The summed E-state index contributed by atoms with van der Waals surface area (Å²) in [6, 6.07) is 10.6. The smallest absolute Gasteiger partial charge is 0.250 e. The summed E-state index contributed by atoms with van der Waals surface area (Å²) in [5.74, 6) is 0.554. The highest BCUT2D eigenvalue weighted by molar-refractivity contribution is 9.10. The van der Waals surface area contributed by atoms with Gasteiger partial charge in [0.25, 0.3) is 0 Å². The van der Waals surface area contributed by atoms with E-state index in [1.807, 2.05) is 24.3 Å². The van der Waals surface area contributed by atoms with Gasteiger partial charge in [0.2, 0.25) is 11.8 Å². The first-order valence-corrected chi connectivity index (χ1v) is 5.64. The quantitative estimate of drug-likeness (QED) is 0.946. The fraction of sp³-hybridized carbons (Fsp3) is 0. The number of carbonyl (C=O) groups is 1. The number of para-hydroxylation sites is 1. The third-order valence-corrected chi connectivity index (χ3v) is 2.73. The number of amides is 1. The van der Waals surface area contributed by atoms with Crippen molar-refractivity contribution in [3.05, 3.63) is 52.6 Å². The summed E-state index contributed by atoms with van der Waals surface area (Å²) in [5.41, 5.74) is 5.46. The lowest BCUT2D eigenvalue weighted by molar-refractivity contribution is 0.1000. The molecule has 2 aromatic rings. The molecular weight excluding hydrogens is 284 g/mol. The van der Waals surface area contributed by atoms with Gasteiger partial charge < -0.3 is 10.5 Å². The van der Waals surface area contributed by atoms with E-state index >= 15 is 0 Å². The maximum atomic E-state index is 10.9. The predicted molar refractivity (Wildman–Crippen MR) is 67.0 cm³/mol. The van der Waals surface area contributed by atoms with Crippen LogP contribution in [0.3, 0.4) is 0 Å². The Labute approximate surface area is 107 Å².